The molecule has 1 saturated carbocycles. The Labute approximate surface area is 120 Å². The fourth-order valence-electron chi connectivity index (χ4n) is 3.69. The van der Waals surface area contributed by atoms with Gasteiger partial charge in [0.05, 0.1) is 0 Å². The lowest BCUT2D eigenvalue weighted by molar-refractivity contribution is -0.0113. The predicted molar refractivity (Wildman–Crippen MR) is 83.5 cm³/mol. The molecular weight excluding hydrogens is 232 g/mol. The molecule has 1 aliphatic carbocycles. The highest BCUT2D eigenvalue weighted by Crippen LogP contribution is 2.35. The van der Waals surface area contributed by atoms with Crippen molar-refractivity contribution < 1.29 is 0 Å². The van der Waals surface area contributed by atoms with Gasteiger partial charge in [0.15, 0.2) is 0 Å². The summed E-state index contributed by atoms with van der Waals surface area (Å²) in [6, 6.07) is 0.638. The maximum atomic E-state index is 3.85. The van der Waals surface area contributed by atoms with Crippen LogP contribution in [0.5, 0.6) is 0 Å². The second-order valence-electron chi connectivity index (χ2n) is 7.93. The average molecular weight is 266 g/mol. The molecule has 2 rings (SSSR count). The Morgan fingerprint density at radius 1 is 1.16 bits per heavy atom. The standard InChI is InChI=1S/C17H34N2/c1-6-17(7-2)13-18-15(16(3,4)5)12-19(17)11-14-9-8-10-14/h14-15,18H,6-13H2,1-5H3. The number of rotatable bonds is 4. The molecule has 19 heavy (non-hydrogen) atoms. The Hall–Kier alpha value is -0.0800. The van der Waals surface area contributed by atoms with Crippen LogP contribution in [0.25, 0.3) is 0 Å². The third-order valence-electron chi connectivity index (χ3n) is 5.82. The minimum absolute atomic E-state index is 0.367. The molecule has 0 aromatic carbocycles. The largest absolute Gasteiger partial charge is 0.310 e. The number of nitrogens with zero attached hydrogens (tertiary/aromatic N) is 1. The molecule has 1 atom stereocenters. The third kappa shape index (κ3) is 3.16. The maximum absolute atomic E-state index is 3.85. The van der Waals surface area contributed by atoms with Crippen LogP contribution in [-0.2, 0) is 0 Å². The van der Waals surface area contributed by atoms with Crippen LogP contribution in [0.3, 0.4) is 0 Å². The van der Waals surface area contributed by atoms with E-state index < -0.39 is 0 Å². The minimum Gasteiger partial charge on any atom is -0.310 e. The second-order valence-corrected chi connectivity index (χ2v) is 7.93. The van der Waals surface area contributed by atoms with E-state index in [2.05, 4.69) is 44.8 Å². The van der Waals surface area contributed by atoms with E-state index in [9.17, 15) is 0 Å². The summed E-state index contributed by atoms with van der Waals surface area (Å²) in [5, 5.41) is 3.85. The minimum atomic E-state index is 0.367. The summed E-state index contributed by atoms with van der Waals surface area (Å²) in [6.45, 7) is 15.6. The van der Waals surface area contributed by atoms with Crippen molar-refractivity contribution in [1.82, 2.24) is 10.2 Å². The fourth-order valence-corrected chi connectivity index (χ4v) is 3.69. The number of hydrogen-bond acceptors (Lipinski definition) is 2. The molecule has 2 nitrogen and oxygen atoms in total. The molecule has 1 unspecified atom stereocenters. The van der Waals surface area contributed by atoms with E-state index in [1.54, 1.807) is 0 Å². The molecule has 1 aliphatic heterocycles. The summed E-state index contributed by atoms with van der Waals surface area (Å²) in [5.41, 5.74) is 0.781. The molecule has 2 heteroatoms. The summed E-state index contributed by atoms with van der Waals surface area (Å²) in [5.74, 6) is 0.983. The van der Waals surface area contributed by atoms with E-state index >= 15 is 0 Å². The molecule has 2 fully saturated rings. The van der Waals surface area contributed by atoms with Gasteiger partial charge in [-0.05, 0) is 37.0 Å². The highest BCUT2D eigenvalue weighted by atomic mass is 15.3. The summed E-state index contributed by atoms with van der Waals surface area (Å²) in [6.07, 6.45) is 6.95. The number of piperazine rings is 1. The first-order valence-electron chi connectivity index (χ1n) is 8.39. The van der Waals surface area contributed by atoms with Gasteiger partial charge in [-0.15, -0.1) is 0 Å². The molecule has 1 N–H and O–H groups in total. The van der Waals surface area contributed by atoms with Crippen LogP contribution in [-0.4, -0.2) is 36.1 Å². The summed E-state index contributed by atoms with van der Waals surface area (Å²) < 4.78 is 0. The lowest BCUT2D eigenvalue weighted by Gasteiger charge is -2.54. The van der Waals surface area contributed by atoms with Crippen LogP contribution in [0.4, 0.5) is 0 Å². The maximum Gasteiger partial charge on any atom is 0.0329 e. The van der Waals surface area contributed by atoms with Crippen LogP contribution < -0.4 is 5.32 Å². The van der Waals surface area contributed by atoms with Gasteiger partial charge in [0.1, 0.15) is 0 Å². The Kier molecular flexibility index (Phi) is 4.62. The van der Waals surface area contributed by atoms with Crippen LogP contribution in [0, 0.1) is 11.3 Å². The van der Waals surface area contributed by atoms with Gasteiger partial charge in [0.25, 0.3) is 0 Å². The molecule has 0 amide bonds. The van der Waals surface area contributed by atoms with E-state index in [-0.39, 0.29) is 0 Å². The molecule has 0 bridgehead atoms. The Morgan fingerprint density at radius 2 is 1.79 bits per heavy atom. The molecule has 1 saturated heterocycles. The van der Waals surface area contributed by atoms with Crippen molar-refractivity contribution in [2.24, 2.45) is 11.3 Å². The molecule has 0 aromatic heterocycles. The monoisotopic (exact) mass is 266 g/mol. The van der Waals surface area contributed by atoms with E-state index in [0.717, 1.165) is 5.92 Å². The van der Waals surface area contributed by atoms with Gasteiger partial charge in [0, 0.05) is 31.2 Å². The number of hydrogen-bond donors (Lipinski definition) is 1. The predicted octanol–water partition coefficient (Wildman–Crippen LogP) is 3.67. The first-order chi connectivity index (χ1) is 8.91. The zero-order chi connectivity index (χ0) is 14.1. The normalized spacial score (nSPS) is 29.2. The fraction of sp³-hybridized carbons (Fsp3) is 1.00. The van der Waals surface area contributed by atoms with Crippen LogP contribution in [0.2, 0.25) is 0 Å². The first-order valence-corrected chi connectivity index (χ1v) is 8.39. The smallest absolute Gasteiger partial charge is 0.0329 e. The highest BCUT2D eigenvalue weighted by Gasteiger charge is 2.42. The van der Waals surface area contributed by atoms with Gasteiger partial charge >= 0.3 is 0 Å². The molecule has 0 radical (unpaired) electrons. The quantitative estimate of drug-likeness (QED) is 0.835. The van der Waals surface area contributed by atoms with Crippen molar-refractivity contribution in [3.63, 3.8) is 0 Å². The second kappa shape index (κ2) is 5.73. The van der Waals surface area contributed by atoms with Crippen LogP contribution in [0.15, 0.2) is 0 Å². The number of nitrogens with one attached hydrogen (secondary N) is 1. The third-order valence-corrected chi connectivity index (χ3v) is 5.82. The van der Waals surface area contributed by atoms with E-state index in [1.807, 2.05) is 0 Å². The molecule has 0 spiro atoms. The topological polar surface area (TPSA) is 15.3 Å². The summed E-state index contributed by atoms with van der Waals surface area (Å²) in [7, 11) is 0. The van der Waals surface area contributed by atoms with E-state index in [4.69, 9.17) is 0 Å². The summed E-state index contributed by atoms with van der Waals surface area (Å²) >= 11 is 0. The van der Waals surface area contributed by atoms with Crippen molar-refractivity contribution in [3.05, 3.63) is 0 Å². The zero-order valence-corrected chi connectivity index (χ0v) is 13.8. The van der Waals surface area contributed by atoms with Gasteiger partial charge in [-0.3, -0.25) is 4.90 Å². The molecule has 1 heterocycles. The van der Waals surface area contributed by atoms with Gasteiger partial charge in [-0.1, -0.05) is 41.0 Å². The van der Waals surface area contributed by atoms with Crippen molar-refractivity contribution in [2.75, 3.05) is 19.6 Å². The highest BCUT2D eigenvalue weighted by molar-refractivity contribution is 5.01. The van der Waals surface area contributed by atoms with Crippen molar-refractivity contribution >= 4 is 0 Å². The zero-order valence-electron chi connectivity index (χ0n) is 13.8. The van der Waals surface area contributed by atoms with Crippen molar-refractivity contribution in [2.45, 2.75) is 78.3 Å². The van der Waals surface area contributed by atoms with Crippen LogP contribution in [0.1, 0.15) is 66.7 Å². The van der Waals surface area contributed by atoms with E-state index in [0.29, 0.717) is 17.0 Å². The van der Waals surface area contributed by atoms with Gasteiger partial charge in [-0.25, -0.2) is 0 Å². The molecular formula is C17H34N2. The lowest BCUT2D eigenvalue weighted by Crippen LogP contribution is -2.67. The Bertz CT molecular complexity index is 284. The SMILES string of the molecule is CCC1(CC)CNC(C(C)(C)C)CN1CC1CCC1. The van der Waals surface area contributed by atoms with Gasteiger partial charge in [0.2, 0.25) is 0 Å². The van der Waals surface area contributed by atoms with Gasteiger partial charge < -0.3 is 5.32 Å². The average Bonchev–Trinajstić information content (AvgIpc) is 2.32. The molecule has 0 aromatic rings. The Balaban J connectivity index is 2.08. The van der Waals surface area contributed by atoms with E-state index in [1.165, 1.54) is 51.7 Å². The lowest BCUT2D eigenvalue weighted by atomic mass is 9.78. The molecule has 2 aliphatic rings. The van der Waals surface area contributed by atoms with Gasteiger partial charge in [-0.2, -0.15) is 0 Å². The van der Waals surface area contributed by atoms with Crippen molar-refractivity contribution in [3.8, 4) is 0 Å². The van der Waals surface area contributed by atoms with Crippen LogP contribution >= 0.6 is 0 Å². The Morgan fingerprint density at radius 3 is 2.21 bits per heavy atom. The first kappa shape index (κ1) is 15.3. The summed E-state index contributed by atoms with van der Waals surface area (Å²) in [4.78, 5) is 2.85. The molecule has 112 valence electrons. The van der Waals surface area contributed by atoms with Crippen molar-refractivity contribution in [1.29, 1.82) is 0 Å².